The van der Waals surface area contributed by atoms with Gasteiger partial charge >= 0.3 is 6.36 Å². The van der Waals surface area contributed by atoms with E-state index in [0.717, 1.165) is 12.1 Å². The van der Waals surface area contributed by atoms with Gasteiger partial charge in [0.25, 0.3) is 0 Å². The maximum Gasteiger partial charge on any atom is 0.573 e. The fourth-order valence-electron chi connectivity index (χ4n) is 2.17. The summed E-state index contributed by atoms with van der Waals surface area (Å²) in [6.07, 6.45) is -4.80. The molecule has 0 aliphatic heterocycles. The average molecular weight is 416 g/mol. The zero-order valence-corrected chi connectivity index (χ0v) is 15.5. The Morgan fingerprint density at radius 3 is 2.54 bits per heavy atom. The molecule has 0 fully saturated rings. The van der Waals surface area contributed by atoms with E-state index >= 15 is 0 Å². The third kappa shape index (κ3) is 6.99. The van der Waals surface area contributed by atoms with Gasteiger partial charge in [0.2, 0.25) is 11.8 Å². The summed E-state index contributed by atoms with van der Waals surface area (Å²) in [4.78, 5) is 25.3. The standard InChI is InChI=1S/C18H17ClF3N3O3/c1-25(11-16(26)24-15-8-3-2-7-14(15)19)17(27)10-23-12-5-4-6-13(9-12)28-18(20,21)22/h2-9,23H,10-11H2,1H3,(H,24,26). The van der Waals surface area contributed by atoms with E-state index in [1.54, 1.807) is 24.3 Å². The van der Waals surface area contributed by atoms with Crippen LogP contribution in [0.25, 0.3) is 0 Å². The number of alkyl halides is 3. The van der Waals surface area contributed by atoms with Crippen LogP contribution in [0.1, 0.15) is 0 Å². The van der Waals surface area contributed by atoms with Gasteiger partial charge in [-0.25, -0.2) is 0 Å². The van der Waals surface area contributed by atoms with Gasteiger partial charge < -0.3 is 20.3 Å². The number of anilines is 2. The first-order valence-electron chi connectivity index (χ1n) is 8.02. The molecule has 2 aromatic rings. The Kier molecular flexibility index (Phi) is 7.11. The number of halogens is 4. The number of rotatable bonds is 7. The second kappa shape index (κ2) is 9.32. The van der Waals surface area contributed by atoms with Crippen molar-refractivity contribution in [3.8, 4) is 5.75 Å². The minimum absolute atomic E-state index is 0.217. The highest BCUT2D eigenvalue weighted by atomic mass is 35.5. The predicted molar refractivity (Wildman–Crippen MR) is 99.3 cm³/mol. The van der Waals surface area contributed by atoms with Crippen LogP contribution in [0.3, 0.4) is 0 Å². The molecule has 0 aliphatic carbocycles. The van der Waals surface area contributed by atoms with Gasteiger partial charge in [-0.05, 0) is 24.3 Å². The lowest BCUT2D eigenvalue weighted by Crippen LogP contribution is -2.38. The number of ether oxygens (including phenoxy) is 1. The second-order valence-corrected chi connectivity index (χ2v) is 6.11. The first-order valence-corrected chi connectivity index (χ1v) is 8.40. The van der Waals surface area contributed by atoms with Crippen molar-refractivity contribution in [1.29, 1.82) is 0 Å². The summed E-state index contributed by atoms with van der Waals surface area (Å²) < 4.78 is 40.6. The van der Waals surface area contributed by atoms with Crippen LogP contribution < -0.4 is 15.4 Å². The summed E-state index contributed by atoms with van der Waals surface area (Å²) in [5.41, 5.74) is 0.693. The molecule has 0 aromatic heterocycles. The number of amides is 2. The van der Waals surface area contributed by atoms with Crippen LogP contribution in [0.2, 0.25) is 5.02 Å². The molecule has 0 spiro atoms. The van der Waals surface area contributed by atoms with E-state index in [9.17, 15) is 22.8 Å². The quantitative estimate of drug-likeness (QED) is 0.722. The van der Waals surface area contributed by atoms with Crippen molar-refractivity contribution in [2.24, 2.45) is 0 Å². The Balaban J connectivity index is 1.85. The number of hydrogen-bond donors (Lipinski definition) is 2. The third-order valence-corrected chi connectivity index (χ3v) is 3.80. The van der Waals surface area contributed by atoms with Crippen molar-refractivity contribution in [1.82, 2.24) is 4.90 Å². The number of nitrogens with zero attached hydrogens (tertiary/aromatic N) is 1. The van der Waals surface area contributed by atoms with Crippen LogP contribution in [0.15, 0.2) is 48.5 Å². The molecule has 0 radical (unpaired) electrons. The number of para-hydroxylation sites is 1. The molecule has 0 aliphatic rings. The number of carbonyl (C=O) groups excluding carboxylic acids is 2. The number of hydrogen-bond acceptors (Lipinski definition) is 4. The number of benzene rings is 2. The molecule has 2 N–H and O–H groups in total. The van der Waals surface area contributed by atoms with E-state index in [1.807, 2.05) is 0 Å². The van der Waals surface area contributed by atoms with Gasteiger partial charge in [-0.1, -0.05) is 29.8 Å². The van der Waals surface area contributed by atoms with Crippen molar-refractivity contribution >= 4 is 34.8 Å². The molecular weight excluding hydrogens is 399 g/mol. The van der Waals surface area contributed by atoms with Gasteiger partial charge in [-0.2, -0.15) is 0 Å². The molecule has 150 valence electrons. The lowest BCUT2D eigenvalue weighted by atomic mass is 10.3. The maximum atomic E-state index is 12.2. The monoisotopic (exact) mass is 415 g/mol. The van der Waals surface area contributed by atoms with E-state index in [2.05, 4.69) is 15.4 Å². The van der Waals surface area contributed by atoms with Crippen molar-refractivity contribution in [2.75, 3.05) is 30.8 Å². The molecule has 2 amide bonds. The lowest BCUT2D eigenvalue weighted by molar-refractivity contribution is -0.274. The molecule has 2 rings (SSSR count). The van der Waals surface area contributed by atoms with Crippen molar-refractivity contribution < 1.29 is 27.5 Å². The Labute approximate surface area is 164 Å². The van der Waals surface area contributed by atoms with Crippen LogP contribution in [-0.4, -0.2) is 43.2 Å². The van der Waals surface area contributed by atoms with Crippen molar-refractivity contribution in [2.45, 2.75) is 6.36 Å². The maximum absolute atomic E-state index is 12.2. The molecule has 0 atom stereocenters. The largest absolute Gasteiger partial charge is 0.573 e. The molecular formula is C18H17ClF3N3O3. The van der Waals surface area contributed by atoms with Crippen LogP contribution in [0.4, 0.5) is 24.5 Å². The van der Waals surface area contributed by atoms with E-state index in [-0.39, 0.29) is 18.8 Å². The Bertz CT molecular complexity index is 846. The zero-order chi connectivity index (χ0) is 20.7. The van der Waals surface area contributed by atoms with Crippen molar-refractivity contribution in [3.05, 3.63) is 53.6 Å². The number of nitrogens with one attached hydrogen (secondary N) is 2. The Morgan fingerprint density at radius 1 is 1.14 bits per heavy atom. The summed E-state index contributed by atoms with van der Waals surface area (Å²) in [5, 5.41) is 5.65. The molecule has 0 saturated heterocycles. The number of carbonyl (C=O) groups is 2. The van der Waals surface area contributed by atoms with Crippen molar-refractivity contribution in [3.63, 3.8) is 0 Å². The fraction of sp³-hybridized carbons (Fsp3) is 0.222. The SMILES string of the molecule is CN(CC(=O)Nc1ccccc1Cl)C(=O)CNc1cccc(OC(F)(F)F)c1. The fourth-order valence-corrected chi connectivity index (χ4v) is 2.35. The van der Waals surface area contributed by atoms with Gasteiger partial charge in [0.1, 0.15) is 5.75 Å². The summed E-state index contributed by atoms with van der Waals surface area (Å²) in [7, 11) is 1.43. The molecule has 2 aromatic carbocycles. The topological polar surface area (TPSA) is 70.7 Å². The summed E-state index contributed by atoms with van der Waals surface area (Å²) in [5.74, 6) is -1.28. The molecule has 0 unspecified atom stereocenters. The normalized spacial score (nSPS) is 10.9. The lowest BCUT2D eigenvalue weighted by Gasteiger charge is -2.18. The third-order valence-electron chi connectivity index (χ3n) is 3.47. The average Bonchev–Trinajstić information content (AvgIpc) is 2.60. The summed E-state index contributed by atoms with van der Waals surface area (Å²) >= 11 is 5.95. The molecule has 0 bridgehead atoms. The van der Waals surface area contributed by atoms with E-state index < -0.39 is 23.9 Å². The van der Waals surface area contributed by atoms with Crippen LogP contribution in [0.5, 0.6) is 5.75 Å². The van der Waals surface area contributed by atoms with Gasteiger partial charge in [-0.15, -0.1) is 13.2 Å². The highest BCUT2D eigenvalue weighted by Crippen LogP contribution is 2.25. The molecule has 0 heterocycles. The first kappa shape index (κ1) is 21.4. The minimum atomic E-state index is -4.80. The van der Waals surface area contributed by atoms with Crippen LogP contribution in [-0.2, 0) is 9.59 Å². The number of likely N-dealkylation sites (N-methyl/N-ethyl adjacent to an activating group) is 1. The highest BCUT2D eigenvalue weighted by Gasteiger charge is 2.31. The van der Waals surface area contributed by atoms with Crippen LogP contribution >= 0.6 is 11.6 Å². The summed E-state index contributed by atoms with van der Waals surface area (Å²) in [6.45, 7) is -0.436. The van der Waals surface area contributed by atoms with Gasteiger partial charge in [-0.3, -0.25) is 9.59 Å². The van der Waals surface area contributed by atoms with Crippen LogP contribution in [0, 0.1) is 0 Å². The molecule has 10 heteroatoms. The highest BCUT2D eigenvalue weighted by molar-refractivity contribution is 6.33. The molecule has 28 heavy (non-hydrogen) atoms. The predicted octanol–water partition coefficient (Wildman–Crippen LogP) is 3.75. The van der Waals surface area contributed by atoms with E-state index in [4.69, 9.17) is 11.6 Å². The first-order chi connectivity index (χ1) is 13.1. The summed E-state index contributed by atoms with van der Waals surface area (Å²) in [6, 6.07) is 11.8. The minimum Gasteiger partial charge on any atom is -0.406 e. The van der Waals surface area contributed by atoms with E-state index in [0.29, 0.717) is 10.7 Å². The Morgan fingerprint density at radius 2 is 1.86 bits per heavy atom. The van der Waals surface area contributed by atoms with E-state index in [1.165, 1.54) is 24.1 Å². The van der Waals surface area contributed by atoms with Gasteiger partial charge in [0.05, 0.1) is 23.8 Å². The van der Waals surface area contributed by atoms with Gasteiger partial charge in [0.15, 0.2) is 0 Å². The second-order valence-electron chi connectivity index (χ2n) is 5.71. The smallest absolute Gasteiger partial charge is 0.406 e. The zero-order valence-electron chi connectivity index (χ0n) is 14.7. The Hall–Kier alpha value is -2.94. The van der Waals surface area contributed by atoms with Gasteiger partial charge in [0, 0.05) is 18.8 Å². The molecule has 6 nitrogen and oxygen atoms in total. The molecule has 0 saturated carbocycles.